The van der Waals surface area contributed by atoms with Gasteiger partial charge in [0.05, 0.1) is 6.10 Å². The number of rotatable bonds is 4. The topological polar surface area (TPSA) is 32.3 Å². The molecule has 12 heavy (non-hydrogen) atoms. The van der Waals surface area contributed by atoms with E-state index in [1.807, 2.05) is 6.07 Å². The molecule has 68 valence electrons. The molecule has 2 atom stereocenters. The predicted octanol–water partition coefficient (Wildman–Crippen LogP) is 1.78. The van der Waals surface area contributed by atoms with E-state index in [2.05, 4.69) is 23.7 Å². The van der Waals surface area contributed by atoms with Crippen molar-refractivity contribution in [3.05, 3.63) is 22.4 Å². The van der Waals surface area contributed by atoms with Gasteiger partial charge in [-0.15, -0.1) is 11.3 Å². The van der Waals surface area contributed by atoms with E-state index >= 15 is 0 Å². The van der Waals surface area contributed by atoms with Crippen LogP contribution in [0.15, 0.2) is 17.5 Å². The van der Waals surface area contributed by atoms with Gasteiger partial charge in [0.25, 0.3) is 0 Å². The second-order valence-corrected chi connectivity index (χ2v) is 3.97. The standard InChI is InChI=1S/C9H15NOS/c1-7(11)6-10-8(2)9-4-3-5-12-9/h3-5,7-8,10-11H,6H2,1-2H3/t7-,8+/m1/s1. The summed E-state index contributed by atoms with van der Waals surface area (Å²) in [6.45, 7) is 4.54. The van der Waals surface area contributed by atoms with Crippen LogP contribution >= 0.6 is 11.3 Å². The Labute approximate surface area is 77.2 Å². The lowest BCUT2D eigenvalue weighted by molar-refractivity contribution is 0.187. The molecule has 0 unspecified atom stereocenters. The van der Waals surface area contributed by atoms with Crippen molar-refractivity contribution in [3.63, 3.8) is 0 Å². The Morgan fingerprint density at radius 1 is 1.58 bits per heavy atom. The summed E-state index contributed by atoms with van der Waals surface area (Å²) in [5, 5.41) is 14.3. The lowest BCUT2D eigenvalue weighted by Crippen LogP contribution is -2.26. The zero-order valence-corrected chi connectivity index (χ0v) is 8.27. The van der Waals surface area contributed by atoms with Crippen LogP contribution in [0.3, 0.4) is 0 Å². The maximum absolute atomic E-state index is 9.04. The molecule has 0 bridgehead atoms. The summed E-state index contributed by atoms with van der Waals surface area (Å²) in [6, 6.07) is 4.49. The van der Waals surface area contributed by atoms with E-state index in [0.29, 0.717) is 12.6 Å². The van der Waals surface area contributed by atoms with Gasteiger partial charge in [-0.25, -0.2) is 0 Å². The highest BCUT2D eigenvalue weighted by Gasteiger charge is 2.05. The first-order chi connectivity index (χ1) is 5.70. The first-order valence-electron chi connectivity index (χ1n) is 4.15. The Morgan fingerprint density at radius 2 is 2.33 bits per heavy atom. The number of nitrogens with one attached hydrogen (secondary N) is 1. The van der Waals surface area contributed by atoms with Crippen molar-refractivity contribution in [2.24, 2.45) is 0 Å². The van der Waals surface area contributed by atoms with E-state index in [0.717, 1.165) is 0 Å². The van der Waals surface area contributed by atoms with Crippen LogP contribution in [0.2, 0.25) is 0 Å². The average molecular weight is 185 g/mol. The lowest BCUT2D eigenvalue weighted by atomic mass is 10.2. The molecule has 3 heteroatoms. The van der Waals surface area contributed by atoms with Crippen molar-refractivity contribution < 1.29 is 5.11 Å². The van der Waals surface area contributed by atoms with Gasteiger partial charge in [0, 0.05) is 17.5 Å². The van der Waals surface area contributed by atoms with Gasteiger partial charge in [-0.05, 0) is 25.3 Å². The molecular weight excluding hydrogens is 170 g/mol. The number of hydrogen-bond donors (Lipinski definition) is 2. The fourth-order valence-corrected chi connectivity index (χ4v) is 1.74. The highest BCUT2D eigenvalue weighted by atomic mass is 32.1. The van der Waals surface area contributed by atoms with E-state index in [1.54, 1.807) is 18.3 Å². The van der Waals surface area contributed by atoms with E-state index in [1.165, 1.54) is 4.88 Å². The summed E-state index contributed by atoms with van der Waals surface area (Å²) in [7, 11) is 0. The van der Waals surface area contributed by atoms with Crippen LogP contribution in [0, 0.1) is 0 Å². The second kappa shape index (κ2) is 4.60. The molecule has 0 spiro atoms. The molecule has 0 saturated carbocycles. The summed E-state index contributed by atoms with van der Waals surface area (Å²) in [5.41, 5.74) is 0. The summed E-state index contributed by atoms with van der Waals surface area (Å²) in [4.78, 5) is 1.32. The minimum absolute atomic E-state index is 0.271. The Bertz CT molecular complexity index is 208. The van der Waals surface area contributed by atoms with Gasteiger partial charge in [-0.2, -0.15) is 0 Å². The third kappa shape index (κ3) is 2.93. The molecule has 1 rings (SSSR count). The molecular formula is C9H15NOS. The molecule has 0 fully saturated rings. The first-order valence-corrected chi connectivity index (χ1v) is 5.03. The maximum Gasteiger partial charge on any atom is 0.0636 e. The fraction of sp³-hybridized carbons (Fsp3) is 0.556. The van der Waals surface area contributed by atoms with Gasteiger partial charge in [-0.3, -0.25) is 0 Å². The Kier molecular flexibility index (Phi) is 3.72. The molecule has 0 radical (unpaired) electrons. The van der Waals surface area contributed by atoms with Crippen LogP contribution < -0.4 is 5.32 Å². The molecule has 0 amide bonds. The van der Waals surface area contributed by atoms with Gasteiger partial charge in [0.1, 0.15) is 0 Å². The normalized spacial score (nSPS) is 15.9. The summed E-state index contributed by atoms with van der Waals surface area (Å²) < 4.78 is 0. The number of hydrogen-bond acceptors (Lipinski definition) is 3. The van der Waals surface area contributed by atoms with Crippen LogP contribution in [0.25, 0.3) is 0 Å². The number of aliphatic hydroxyl groups is 1. The van der Waals surface area contributed by atoms with Crippen molar-refractivity contribution >= 4 is 11.3 Å². The predicted molar refractivity (Wildman–Crippen MR) is 52.4 cm³/mol. The van der Waals surface area contributed by atoms with Crippen LogP contribution in [-0.2, 0) is 0 Å². The maximum atomic E-state index is 9.04. The molecule has 1 aromatic rings. The SMILES string of the molecule is C[C@H](NC[C@@H](C)O)c1cccs1. The monoisotopic (exact) mass is 185 g/mol. The Morgan fingerprint density at radius 3 is 2.83 bits per heavy atom. The van der Waals surface area contributed by atoms with E-state index < -0.39 is 0 Å². The number of thiophene rings is 1. The van der Waals surface area contributed by atoms with Gasteiger partial charge >= 0.3 is 0 Å². The summed E-state index contributed by atoms with van der Waals surface area (Å²) in [5.74, 6) is 0. The highest BCUT2D eigenvalue weighted by Crippen LogP contribution is 2.17. The second-order valence-electron chi connectivity index (χ2n) is 2.99. The number of aliphatic hydroxyl groups excluding tert-OH is 1. The lowest BCUT2D eigenvalue weighted by Gasteiger charge is -2.12. The summed E-state index contributed by atoms with van der Waals surface area (Å²) in [6.07, 6.45) is -0.271. The van der Waals surface area contributed by atoms with Crippen LogP contribution in [-0.4, -0.2) is 17.8 Å². The van der Waals surface area contributed by atoms with Crippen LogP contribution in [0.5, 0.6) is 0 Å². The van der Waals surface area contributed by atoms with Crippen molar-refractivity contribution in [2.45, 2.75) is 26.0 Å². The van der Waals surface area contributed by atoms with Crippen molar-refractivity contribution in [3.8, 4) is 0 Å². The highest BCUT2D eigenvalue weighted by molar-refractivity contribution is 7.10. The molecule has 2 N–H and O–H groups in total. The molecule has 1 aromatic heterocycles. The smallest absolute Gasteiger partial charge is 0.0636 e. The third-order valence-electron chi connectivity index (χ3n) is 1.69. The minimum Gasteiger partial charge on any atom is -0.392 e. The first kappa shape index (κ1) is 9.71. The quantitative estimate of drug-likeness (QED) is 0.749. The minimum atomic E-state index is -0.271. The Balaban J connectivity index is 2.34. The largest absolute Gasteiger partial charge is 0.392 e. The van der Waals surface area contributed by atoms with Crippen LogP contribution in [0.4, 0.5) is 0 Å². The zero-order valence-electron chi connectivity index (χ0n) is 7.45. The molecule has 0 aliphatic rings. The molecule has 0 saturated heterocycles. The molecule has 0 aromatic carbocycles. The Hall–Kier alpha value is -0.380. The van der Waals surface area contributed by atoms with Crippen molar-refractivity contribution in [2.75, 3.05) is 6.54 Å². The van der Waals surface area contributed by atoms with Gasteiger partial charge in [0.2, 0.25) is 0 Å². The van der Waals surface area contributed by atoms with E-state index in [4.69, 9.17) is 5.11 Å². The van der Waals surface area contributed by atoms with Crippen molar-refractivity contribution in [1.29, 1.82) is 0 Å². The summed E-state index contributed by atoms with van der Waals surface area (Å²) >= 11 is 1.74. The van der Waals surface area contributed by atoms with Gasteiger partial charge < -0.3 is 10.4 Å². The van der Waals surface area contributed by atoms with E-state index in [-0.39, 0.29) is 6.10 Å². The molecule has 0 aliphatic carbocycles. The zero-order chi connectivity index (χ0) is 8.97. The van der Waals surface area contributed by atoms with E-state index in [9.17, 15) is 0 Å². The van der Waals surface area contributed by atoms with Crippen LogP contribution in [0.1, 0.15) is 24.8 Å². The van der Waals surface area contributed by atoms with Crippen molar-refractivity contribution in [1.82, 2.24) is 5.32 Å². The molecule has 0 aliphatic heterocycles. The van der Waals surface area contributed by atoms with Gasteiger partial charge in [-0.1, -0.05) is 6.07 Å². The fourth-order valence-electron chi connectivity index (χ4n) is 0.986. The average Bonchev–Trinajstić information content (AvgIpc) is 2.51. The van der Waals surface area contributed by atoms with Gasteiger partial charge in [0.15, 0.2) is 0 Å². The third-order valence-corrected chi connectivity index (χ3v) is 2.74. The molecule has 1 heterocycles. The molecule has 2 nitrogen and oxygen atoms in total.